The molecule has 0 saturated heterocycles. The summed E-state index contributed by atoms with van der Waals surface area (Å²) in [5.74, 6) is 0.568. The van der Waals surface area contributed by atoms with Crippen molar-refractivity contribution in [3.8, 4) is 5.75 Å². The first-order valence-electron chi connectivity index (χ1n) is 5.20. The number of hydrogen-bond donors (Lipinski definition) is 1. The highest BCUT2D eigenvalue weighted by molar-refractivity contribution is 7.97. The maximum atomic E-state index is 11.0. The van der Waals surface area contributed by atoms with Crippen LogP contribution in [0.5, 0.6) is 5.75 Å². The summed E-state index contributed by atoms with van der Waals surface area (Å²) in [6.07, 6.45) is 0. The molecule has 0 bridgehead atoms. The lowest BCUT2D eigenvalue weighted by atomic mass is 10.1. The number of carbonyl (C=O) groups is 1. The van der Waals surface area contributed by atoms with E-state index in [2.05, 4.69) is 9.46 Å². The van der Waals surface area contributed by atoms with Crippen LogP contribution in [0.3, 0.4) is 0 Å². The Morgan fingerprint density at radius 1 is 1.29 bits per heavy atom. The van der Waals surface area contributed by atoms with E-state index in [1.165, 1.54) is 19.1 Å². The standard InChI is InChI=1S/C12H17NO3S/c1-8-5-10(15-3)6-9(2)12(8)17-13-7-11(14)16-4/h5-6,13H,7H2,1-4H3. The Bertz CT molecular complexity index is 384. The van der Waals surface area contributed by atoms with Gasteiger partial charge in [-0.25, -0.2) is 4.72 Å². The molecule has 0 amide bonds. The van der Waals surface area contributed by atoms with Gasteiger partial charge in [0.05, 0.1) is 14.2 Å². The van der Waals surface area contributed by atoms with E-state index in [0.717, 1.165) is 21.8 Å². The molecular weight excluding hydrogens is 238 g/mol. The molecule has 1 rings (SSSR count). The van der Waals surface area contributed by atoms with Gasteiger partial charge in [-0.15, -0.1) is 0 Å². The van der Waals surface area contributed by atoms with Crippen molar-refractivity contribution < 1.29 is 14.3 Å². The van der Waals surface area contributed by atoms with Gasteiger partial charge in [0, 0.05) is 4.90 Å². The number of esters is 1. The van der Waals surface area contributed by atoms with Crippen LogP contribution in [0.1, 0.15) is 11.1 Å². The summed E-state index contributed by atoms with van der Waals surface area (Å²) in [4.78, 5) is 12.1. The zero-order chi connectivity index (χ0) is 12.8. The molecule has 0 saturated carbocycles. The molecule has 4 nitrogen and oxygen atoms in total. The van der Waals surface area contributed by atoms with Crippen molar-refractivity contribution in [2.45, 2.75) is 18.7 Å². The molecule has 17 heavy (non-hydrogen) atoms. The van der Waals surface area contributed by atoms with Gasteiger partial charge >= 0.3 is 5.97 Å². The largest absolute Gasteiger partial charge is 0.497 e. The highest BCUT2D eigenvalue weighted by Crippen LogP contribution is 2.28. The van der Waals surface area contributed by atoms with Gasteiger partial charge in [-0.05, 0) is 49.1 Å². The Morgan fingerprint density at radius 3 is 2.35 bits per heavy atom. The molecular formula is C12H17NO3S. The maximum absolute atomic E-state index is 11.0. The predicted octanol–water partition coefficient (Wildman–Crippen LogP) is 2.08. The Labute approximate surface area is 106 Å². The Kier molecular flexibility index (Phi) is 5.31. The third-order valence-electron chi connectivity index (χ3n) is 2.29. The van der Waals surface area contributed by atoms with Crippen LogP contribution in [0.25, 0.3) is 0 Å². The van der Waals surface area contributed by atoms with Crippen molar-refractivity contribution in [3.63, 3.8) is 0 Å². The number of methoxy groups -OCH3 is 2. The number of rotatable bonds is 5. The van der Waals surface area contributed by atoms with Crippen molar-refractivity contribution in [1.82, 2.24) is 4.72 Å². The van der Waals surface area contributed by atoms with E-state index in [4.69, 9.17) is 4.74 Å². The molecule has 0 spiro atoms. The second-order valence-corrected chi connectivity index (χ2v) is 4.49. The topological polar surface area (TPSA) is 47.6 Å². The SMILES string of the molecule is COC(=O)CNSc1c(C)cc(OC)cc1C. The van der Waals surface area contributed by atoms with Gasteiger partial charge in [0.15, 0.2) is 0 Å². The third-order valence-corrected chi connectivity index (χ3v) is 3.42. The summed E-state index contributed by atoms with van der Waals surface area (Å²) in [6, 6.07) is 3.93. The summed E-state index contributed by atoms with van der Waals surface area (Å²) in [7, 11) is 3.02. The van der Waals surface area contributed by atoms with Gasteiger partial charge in [0.25, 0.3) is 0 Å². The minimum Gasteiger partial charge on any atom is -0.497 e. The molecule has 0 heterocycles. The number of ether oxygens (including phenoxy) is 2. The lowest BCUT2D eigenvalue weighted by molar-refractivity contribution is -0.139. The van der Waals surface area contributed by atoms with Crippen molar-refractivity contribution in [1.29, 1.82) is 0 Å². The number of carbonyl (C=O) groups excluding carboxylic acids is 1. The van der Waals surface area contributed by atoms with Crippen molar-refractivity contribution in [3.05, 3.63) is 23.3 Å². The van der Waals surface area contributed by atoms with Crippen molar-refractivity contribution in [2.24, 2.45) is 0 Å². The average molecular weight is 255 g/mol. The quantitative estimate of drug-likeness (QED) is 0.645. The molecule has 0 aliphatic heterocycles. The van der Waals surface area contributed by atoms with Crippen LogP contribution < -0.4 is 9.46 Å². The van der Waals surface area contributed by atoms with Gasteiger partial charge < -0.3 is 9.47 Å². The van der Waals surface area contributed by atoms with Gasteiger partial charge in [-0.2, -0.15) is 0 Å². The third kappa shape index (κ3) is 3.94. The van der Waals surface area contributed by atoms with Crippen molar-refractivity contribution >= 4 is 17.9 Å². The van der Waals surface area contributed by atoms with Gasteiger partial charge in [-0.1, -0.05) is 0 Å². The highest BCUT2D eigenvalue weighted by Gasteiger charge is 2.07. The second kappa shape index (κ2) is 6.51. The van der Waals surface area contributed by atoms with Crippen LogP contribution in [0.15, 0.2) is 17.0 Å². The van der Waals surface area contributed by atoms with Crippen LogP contribution in [-0.4, -0.2) is 26.7 Å². The smallest absolute Gasteiger partial charge is 0.320 e. The summed E-state index contributed by atoms with van der Waals surface area (Å²) >= 11 is 1.43. The molecule has 94 valence electrons. The first-order valence-corrected chi connectivity index (χ1v) is 6.02. The minimum absolute atomic E-state index is 0.187. The Hall–Kier alpha value is -1.20. The monoisotopic (exact) mass is 255 g/mol. The van der Waals surface area contributed by atoms with Crippen LogP contribution in [0.4, 0.5) is 0 Å². The van der Waals surface area contributed by atoms with Gasteiger partial charge in [-0.3, -0.25) is 4.79 Å². The van der Waals surface area contributed by atoms with Gasteiger partial charge in [0.2, 0.25) is 0 Å². The first-order chi connectivity index (χ1) is 8.08. The molecule has 0 aliphatic rings. The van der Waals surface area contributed by atoms with E-state index in [9.17, 15) is 4.79 Å². The number of nitrogens with one attached hydrogen (secondary N) is 1. The highest BCUT2D eigenvalue weighted by atomic mass is 32.2. The Morgan fingerprint density at radius 2 is 1.88 bits per heavy atom. The number of benzene rings is 1. The lowest BCUT2D eigenvalue weighted by Crippen LogP contribution is -2.18. The molecule has 5 heteroatoms. The summed E-state index contributed by atoms with van der Waals surface area (Å²) in [5.41, 5.74) is 2.23. The van der Waals surface area contributed by atoms with E-state index in [0.29, 0.717) is 0 Å². The first kappa shape index (κ1) is 13.9. The molecule has 0 radical (unpaired) electrons. The fourth-order valence-corrected chi connectivity index (χ4v) is 2.20. The van der Waals surface area contributed by atoms with Crippen LogP contribution in [0, 0.1) is 13.8 Å². The molecule has 1 aromatic carbocycles. The van der Waals surface area contributed by atoms with E-state index in [1.54, 1.807) is 7.11 Å². The van der Waals surface area contributed by atoms with E-state index >= 15 is 0 Å². The average Bonchev–Trinajstić information content (AvgIpc) is 2.31. The fourth-order valence-electron chi connectivity index (χ4n) is 1.43. The maximum Gasteiger partial charge on any atom is 0.320 e. The zero-order valence-corrected chi connectivity index (χ0v) is 11.3. The molecule has 0 unspecified atom stereocenters. The molecule has 0 aliphatic carbocycles. The molecule has 0 aromatic heterocycles. The van der Waals surface area contributed by atoms with E-state index < -0.39 is 0 Å². The molecule has 1 N–H and O–H groups in total. The van der Waals surface area contributed by atoms with Crippen LogP contribution in [0.2, 0.25) is 0 Å². The fraction of sp³-hybridized carbons (Fsp3) is 0.417. The summed E-state index contributed by atoms with van der Waals surface area (Å²) in [6.45, 7) is 4.21. The number of hydrogen-bond acceptors (Lipinski definition) is 5. The van der Waals surface area contributed by atoms with E-state index in [1.807, 2.05) is 26.0 Å². The Balaban J connectivity index is 2.68. The molecule has 0 atom stereocenters. The zero-order valence-electron chi connectivity index (χ0n) is 10.5. The number of aryl methyl sites for hydroxylation is 2. The van der Waals surface area contributed by atoms with Crippen LogP contribution >= 0.6 is 11.9 Å². The van der Waals surface area contributed by atoms with E-state index in [-0.39, 0.29) is 12.5 Å². The van der Waals surface area contributed by atoms with Gasteiger partial charge in [0.1, 0.15) is 12.3 Å². The molecule has 1 aromatic rings. The summed E-state index contributed by atoms with van der Waals surface area (Å²) < 4.78 is 12.7. The normalized spacial score (nSPS) is 10.1. The predicted molar refractivity (Wildman–Crippen MR) is 68.3 cm³/mol. The lowest BCUT2D eigenvalue weighted by Gasteiger charge is -2.11. The van der Waals surface area contributed by atoms with Crippen LogP contribution in [-0.2, 0) is 9.53 Å². The summed E-state index contributed by atoms with van der Waals surface area (Å²) in [5, 5.41) is 0. The second-order valence-electron chi connectivity index (χ2n) is 3.59. The minimum atomic E-state index is -0.277. The molecule has 0 fully saturated rings. The van der Waals surface area contributed by atoms with Crippen molar-refractivity contribution in [2.75, 3.05) is 20.8 Å².